The van der Waals surface area contributed by atoms with Gasteiger partial charge >= 0.3 is 7.82 Å². The molecule has 0 aromatic heterocycles. The van der Waals surface area contributed by atoms with Crippen LogP contribution < -0.4 is 5.32 Å². The highest BCUT2D eigenvalue weighted by atomic mass is 31.2. The molecular formula is C32H66N2O6P+. The van der Waals surface area contributed by atoms with E-state index in [1.807, 2.05) is 21.1 Å². The number of hydrogen-bond donors (Lipinski definition) is 3. The standard InChI is InChI=1S/C32H65N2O6P/c1-6-8-10-12-14-15-16-17-18-20-22-24-26-32(36)33-30(31(35)25-23-21-19-13-11-9-7-2)29-40-41(37,38)39-28-27-34(3,4)5/h14-15,30-31,35H,6-13,16-29H2,1-5H3,(H-,33,36,37,38)/p+1/b15-14-. The predicted molar refractivity (Wildman–Crippen MR) is 171 cm³/mol. The number of hydrogen-bond acceptors (Lipinski definition) is 5. The number of phosphoric acid groups is 1. The lowest BCUT2D eigenvalue weighted by Gasteiger charge is -2.26. The van der Waals surface area contributed by atoms with Gasteiger partial charge in [0.25, 0.3) is 0 Å². The molecule has 9 heteroatoms. The van der Waals surface area contributed by atoms with Crippen LogP contribution >= 0.6 is 7.82 Å². The van der Waals surface area contributed by atoms with Gasteiger partial charge in [0.1, 0.15) is 13.2 Å². The van der Waals surface area contributed by atoms with E-state index in [1.165, 1.54) is 57.8 Å². The third kappa shape index (κ3) is 27.8. The number of rotatable bonds is 29. The molecule has 0 spiro atoms. The summed E-state index contributed by atoms with van der Waals surface area (Å²) in [7, 11) is 1.60. The summed E-state index contributed by atoms with van der Waals surface area (Å²) in [5, 5.41) is 13.7. The molecule has 0 radical (unpaired) electrons. The number of quaternary nitrogens is 1. The van der Waals surface area contributed by atoms with E-state index in [4.69, 9.17) is 9.05 Å². The van der Waals surface area contributed by atoms with Crippen molar-refractivity contribution < 1.29 is 32.9 Å². The van der Waals surface area contributed by atoms with Crippen LogP contribution in [0, 0.1) is 0 Å². The molecule has 244 valence electrons. The highest BCUT2D eigenvalue weighted by molar-refractivity contribution is 7.47. The van der Waals surface area contributed by atoms with Crippen LogP contribution in [0.4, 0.5) is 0 Å². The molecule has 0 fully saturated rings. The summed E-state index contributed by atoms with van der Waals surface area (Å²) in [5.41, 5.74) is 0. The minimum absolute atomic E-state index is 0.0735. The lowest BCUT2D eigenvalue weighted by molar-refractivity contribution is -0.870. The largest absolute Gasteiger partial charge is 0.472 e. The number of nitrogens with one attached hydrogen (secondary N) is 1. The van der Waals surface area contributed by atoms with E-state index in [-0.39, 0.29) is 19.1 Å². The van der Waals surface area contributed by atoms with Crippen LogP contribution in [0.2, 0.25) is 0 Å². The maximum atomic E-state index is 12.7. The molecule has 0 heterocycles. The molecule has 0 aliphatic carbocycles. The topological polar surface area (TPSA) is 105 Å². The number of allylic oxidation sites excluding steroid dienone is 2. The Kier molecular flexibility index (Phi) is 25.2. The zero-order valence-electron chi connectivity index (χ0n) is 27.3. The van der Waals surface area contributed by atoms with Gasteiger partial charge in [-0.15, -0.1) is 0 Å². The fourth-order valence-corrected chi connectivity index (χ4v) is 5.24. The molecule has 0 aromatic carbocycles. The zero-order chi connectivity index (χ0) is 30.8. The van der Waals surface area contributed by atoms with Gasteiger partial charge in [-0.25, -0.2) is 4.57 Å². The minimum atomic E-state index is -4.29. The maximum Gasteiger partial charge on any atom is 0.472 e. The summed E-state index contributed by atoms with van der Waals surface area (Å²) in [6.45, 7) is 4.77. The van der Waals surface area contributed by atoms with Crippen molar-refractivity contribution in [2.24, 2.45) is 0 Å². The molecule has 0 saturated carbocycles. The van der Waals surface area contributed by atoms with Gasteiger partial charge in [0, 0.05) is 6.42 Å². The summed E-state index contributed by atoms with van der Waals surface area (Å²) in [6, 6.07) is -0.755. The maximum absolute atomic E-state index is 12.7. The Bertz CT molecular complexity index is 698. The molecule has 41 heavy (non-hydrogen) atoms. The molecule has 0 aromatic rings. The van der Waals surface area contributed by atoms with Crippen molar-refractivity contribution in [1.82, 2.24) is 5.32 Å². The van der Waals surface area contributed by atoms with Crippen LogP contribution in [0.5, 0.6) is 0 Å². The summed E-state index contributed by atoms with van der Waals surface area (Å²) in [6.07, 6.45) is 23.9. The molecule has 0 aliphatic heterocycles. The first-order chi connectivity index (χ1) is 19.5. The van der Waals surface area contributed by atoms with Gasteiger partial charge in [-0.2, -0.15) is 0 Å². The number of carbonyl (C=O) groups excluding carboxylic acids is 1. The van der Waals surface area contributed by atoms with Crippen molar-refractivity contribution in [3.8, 4) is 0 Å². The minimum Gasteiger partial charge on any atom is -0.391 e. The first-order valence-electron chi connectivity index (χ1n) is 16.6. The molecule has 3 unspecified atom stereocenters. The first-order valence-corrected chi connectivity index (χ1v) is 18.0. The van der Waals surface area contributed by atoms with Crippen molar-refractivity contribution >= 4 is 13.7 Å². The first kappa shape index (κ1) is 40.2. The van der Waals surface area contributed by atoms with E-state index in [0.717, 1.165) is 51.4 Å². The monoisotopic (exact) mass is 605 g/mol. The molecule has 0 aliphatic rings. The Morgan fingerprint density at radius 3 is 1.93 bits per heavy atom. The Balaban J connectivity index is 4.52. The van der Waals surface area contributed by atoms with E-state index in [2.05, 4.69) is 31.3 Å². The van der Waals surface area contributed by atoms with Crippen LogP contribution in [0.3, 0.4) is 0 Å². The normalized spacial score (nSPS) is 15.2. The second-order valence-electron chi connectivity index (χ2n) is 12.5. The van der Waals surface area contributed by atoms with Crippen LogP contribution in [0.1, 0.15) is 136 Å². The van der Waals surface area contributed by atoms with Crippen LogP contribution in [-0.4, -0.2) is 73.4 Å². The second-order valence-corrected chi connectivity index (χ2v) is 14.0. The molecule has 3 N–H and O–H groups in total. The quantitative estimate of drug-likeness (QED) is 0.0350. The lowest BCUT2D eigenvalue weighted by Crippen LogP contribution is -2.46. The number of nitrogens with zero attached hydrogens (tertiary/aromatic N) is 1. The van der Waals surface area contributed by atoms with Gasteiger partial charge in [0.15, 0.2) is 0 Å². The summed E-state index contributed by atoms with van der Waals surface area (Å²) in [4.78, 5) is 22.8. The summed E-state index contributed by atoms with van der Waals surface area (Å²) in [5.74, 6) is -0.161. The van der Waals surface area contributed by atoms with Crippen molar-refractivity contribution in [2.45, 2.75) is 148 Å². The molecule has 0 saturated heterocycles. The van der Waals surface area contributed by atoms with E-state index in [1.54, 1.807) is 0 Å². The Morgan fingerprint density at radius 1 is 0.805 bits per heavy atom. The molecule has 0 rings (SSSR count). The third-order valence-electron chi connectivity index (χ3n) is 7.26. The number of phosphoric ester groups is 1. The number of amides is 1. The summed E-state index contributed by atoms with van der Waals surface area (Å²) < 4.78 is 23.3. The molecule has 0 bridgehead atoms. The van der Waals surface area contributed by atoms with E-state index in [9.17, 15) is 19.4 Å². The van der Waals surface area contributed by atoms with Gasteiger partial charge in [0.05, 0.1) is 39.9 Å². The summed E-state index contributed by atoms with van der Waals surface area (Å²) >= 11 is 0. The SMILES string of the molecule is CCCCC/C=C\CCCCCCCC(=O)NC(COP(=O)(O)OCC[N+](C)(C)C)C(O)CCCCCCCCC. The molecule has 8 nitrogen and oxygen atoms in total. The number of likely N-dealkylation sites (N-methyl/N-ethyl adjacent to an activating group) is 1. The number of aliphatic hydroxyl groups excluding tert-OH is 1. The second kappa shape index (κ2) is 25.7. The smallest absolute Gasteiger partial charge is 0.391 e. The predicted octanol–water partition coefficient (Wildman–Crippen LogP) is 7.68. The van der Waals surface area contributed by atoms with Crippen molar-refractivity contribution in [2.75, 3.05) is 40.9 Å². The molecular weight excluding hydrogens is 539 g/mol. The van der Waals surface area contributed by atoms with Crippen LogP contribution in [0.15, 0.2) is 12.2 Å². The third-order valence-corrected chi connectivity index (χ3v) is 8.25. The van der Waals surface area contributed by atoms with E-state index < -0.39 is 20.0 Å². The molecule has 3 atom stereocenters. The van der Waals surface area contributed by atoms with Crippen LogP contribution in [-0.2, 0) is 18.4 Å². The highest BCUT2D eigenvalue weighted by Gasteiger charge is 2.28. The van der Waals surface area contributed by atoms with Crippen molar-refractivity contribution in [1.29, 1.82) is 0 Å². The molecule has 1 amide bonds. The Labute approximate surface area is 252 Å². The van der Waals surface area contributed by atoms with Gasteiger partial charge < -0.3 is 19.8 Å². The van der Waals surface area contributed by atoms with Crippen molar-refractivity contribution in [3.05, 3.63) is 12.2 Å². The number of carbonyl (C=O) groups is 1. The number of aliphatic hydroxyl groups is 1. The fourth-order valence-electron chi connectivity index (χ4n) is 4.51. The van der Waals surface area contributed by atoms with Gasteiger partial charge in [0.2, 0.25) is 5.91 Å². The van der Waals surface area contributed by atoms with E-state index in [0.29, 0.717) is 23.9 Å². The number of unbranched alkanes of at least 4 members (excludes halogenated alkanes) is 14. The van der Waals surface area contributed by atoms with Gasteiger partial charge in [-0.3, -0.25) is 13.8 Å². The highest BCUT2D eigenvalue weighted by Crippen LogP contribution is 2.43. The Hall–Kier alpha value is -0.760. The van der Waals surface area contributed by atoms with Crippen LogP contribution in [0.25, 0.3) is 0 Å². The average Bonchev–Trinajstić information content (AvgIpc) is 2.90. The zero-order valence-corrected chi connectivity index (χ0v) is 28.2. The van der Waals surface area contributed by atoms with Gasteiger partial charge in [-0.05, 0) is 38.5 Å². The average molecular weight is 606 g/mol. The Morgan fingerprint density at radius 2 is 1.32 bits per heavy atom. The van der Waals surface area contributed by atoms with E-state index >= 15 is 0 Å². The van der Waals surface area contributed by atoms with Gasteiger partial charge in [-0.1, -0.05) is 103 Å². The lowest BCUT2D eigenvalue weighted by atomic mass is 10.0. The fraction of sp³-hybridized carbons (Fsp3) is 0.906. The van der Waals surface area contributed by atoms with Crippen molar-refractivity contribution in [3.63, 3.8) is 0 Å².